The first-order valence-electron chi connectivity index (χ1n) is 5.68. The van der Waals surface area contributed by atoms with Crippen LogP contribution in [0.15, 0.2) is 48.3 Å². The molecule has 0 radical (unpaired) electrons. The lowest BCUT2D eigenvalue weighted by molar-refractivity contribution is -0.135. The fraction of sp³-hybridized carbons (Fsp3) is 0.154. The summed E-state index contributed by atoms with van der Waals surface area (Å²) >= 11 is 0. The number of nitrogens with zero attached hydrogens (tertiary/aromatic N) is 2. The monoisotopic (exact) mass is 243 g/mol. The van der Waals surface area contributed by atoms with Gasteiger partial charge in [-0.15, -0.1) is 0 Å². The van der Waals surface area contributed by atoms with Crippen molar-refractivity contribution in [3.63, 3.8) is 0 Å². The van der Waals surface area contributed by atoms with Crippen LogP contribution in [0.4, 0.5) is 11.4 Å². The minimum Gasteiger partial charge on any atom is -0.480 e. The Morgan fingerprint density at radius 2 is 2.06 bits per heavy atom. The lowest BCUT2D eigenvalue weighted by Gasteiger charge is -2.29. The molecule has 18 heavy (non-hydrogen) atoms. The highest BCUT2D eigenvalue weighted by Crippen LogP contribution is 2.41. The Labute approximate surface area is 104 Å². The average Bonchev–Trinajstić information content (AvgIpc) is 2.64. The van der Waals surface area contributed by atoms with Gasteiger partial charge in [0, 0.05) is 11.9 Å². The van der Waals surface area contributed by atoms with E-state index < -0.39 is 5.97 Å². The van der Waals surface area contributed by atoms with Gasteiger partial charge in [-0.3, -0.25) is 4.79 Å². The highest BCUT2D eigenvalue weighted by Gasteiger charge is 2.35. The highest BCUT2D eigenvalue weighted by atomic mass is 16.4. The van der Waals surface area contributed by atoms with Crippen molar-refractivity contribution in [1.82, 2.24) is 0 Å². The maximum absolute atomic E-state index is 11.0. The maximum Gasteiger partial charge on any atom is 0.323 e. The van der Waals surface area contributed by atoms with E-state index in [-0.39, 0.29) is 12.7 Å². The Bertz CT molecular complexity index is 565. The Morgan fingerprint density at radius 3 is 2.78 bits per heavy atom. The standard InChI is InChI=1S/C13H13N3O2/c14-9-5-6-12-15(7-9)10-3-1-2-4-11(10)16(12)8-13(17)18/h1-7,12H,8,14H2,(H,17,18). The fourth-order valence-electron chi connectivity index (χ4n) is 2.43. The summed E-state index contributed by atoms with van der Waals surface area (Å²) in [4.78, 5) is 14.8. The molecule has 0 saturated heterocycles. The van der Waals surface area contributed by atoms with Crippen molar-refractivity contribution in [3.05, 3.63) is 48.3 Å². The molecule has 3 N–H and O–H groups in total. The van der Waals surface area contributed by atoms with Gasteiger partial charge in [0.15, 0.2) is 0 Å². The highest BCUT2D eigenvalue weighted by molar-refractivity contribution is 5.85. The molecule has 1 aromatic carbocycles. The molecule has 0 spiro atoms. The number of carboxylic acid groups (broad SMARTS) is 1. The fourth-order valence-corrected chi connectivity index (χ4v) is 2.43. The average molecular weight is 243 g/mol. The molecule has 0 saturated carbocycles. The number of hydrogen-bond donors (Lipinski definition) is 2. The zero-order chi connectivity index (χ0) is 12.7. The van der Waals surface area contributed by atoms with Gasteiger partial charge in [0.05, 0.1) is 11.4 Å². The maximum atomic E-state index is 11.0. The lowest BCUT2D eigenvalue weighted by atomic mass is 10.2. The predicted octanol–water partition coefficient (Wildman–Crippen LogP) is 1.09. The van der Waals surface area contributed by atoms with Crippen LogP contribution in [0.2, 0.25) is 0 Å². The first-order chi connectivity index (χ1) is 8.66. The summed E-state index contributed by atoms with van der Waals surface area (Å²) < 4.78 is 0. The molecule has 0 fully saturated rings. The molecule has 2 heterocycles. The minimum atomic E-state index is -0.845. The molecule has 1 unspecified atom stereocenters. The number of carbonyl (C=O) groups is 1. The van der Waals surface area contributed by atoms with Gasteiger partial charge in [-0.25, -0.2) is 0 Å². The van der Waals surface area contributed by atoms with E-state index in [2.05, 4.69) is 0 Å². The molecule has 5 nitrogen and oxygen atoms in total. The van der Waals surface area contributed by atoms with Crippen LogP contribution in [0.1, 0.15) is 0 Å². The molecule has 0 bridgehead atoms. The van der Waals surface area contributed by atoms with E-state index in [1.807, 2.05) is 52.4 Å². The molecule has 3 rings (SSSR count). The summed E-state index contributed by atoms with van der Waals surface area (Å²) in [7, 11) is 0. The van der Waals surface area contributed by atoms with Gasteiger partial charge >= 0.3 is 5.97 Å². The SMILES string of the molecule is NC1=CN2c3ccccc3N(CC(=O)O)C2C=C1. The second-order valence-electron chi connectivity index (χ2n) is 4.32. The number of allylic oxidation sites excluding steroid dienone is 1. The van der Waals surface area contributed by atoms with Crippen LogP contribution < -0.4 is 15.5 Å². The Balaban J connectivity index is 2.07. The lowest BCUT2D eigenvalue weighted by Crippen LogP contribution is -2.43. The Hall–Kier alpha value is -2.43. The van der Waals surface area contributed by atoms with E-state index in [4.69, 9.17) is 10.8 Å². The molecule has 0 aliphatic carbocycles. The smallest absolute Gasteiger partial charge is 0.323 e. The number of hydrogen-bond acceptors (Lipinski definition) is 4. The largest absolute Gasteiger partial charge is 0.480 e. The van der Waals surface area contributed by atoms with Gasteiger partial charge in [-0.05, 0) is 24.3 Å². The predicted molar refractivity (Wildman–Crippen MR) is 69.1 cm³/mol. The first-order valence-corrected chi connectivity index (χ1v) is 5.68. The third kappa shape index (κ3) is 1.52. The summed E-state index contributed by atoms with van der Waals surface area (Å²) in [5.74, 6) is -0.845. The zero-order valence-electron chi connectivity index (χ0n) is 9.65. The van der Waals surface area contributed by atoms with Crippen molar-refractivity contribution >= 4 is 17.3 Å². The summed E-state index contributed by atoms with van der Waals surface area (Å²) in [6, 6.07) is 7.73. The van der Waals surface area contributed by atoms with Gasteiger partial charge in [0.2, 0.25) is 0 Å². The van der Waals surface area contributed by atoms with Crippen molar-refractivity contribution in [2.24, 2.45) is 5.73 Å². The minimum absolute atomic E-state index is 0.0315. The van der Waals surface area contributed by atoms with Crippen LogP contribution in [-0.2, 0) is 4.79 Å². The molecule has 0 aromatic heterocycles. The Kier molecular flexibility index (Phi) is 2.26. The van der Waals surface area contributed by atoms with Crippen molar-refractivity contribution in [3.8, 4) is 0 Å². The second kappa shape index (κ2) is 3.80. The zero-order valence-corrected chi connectivity index (χ0v) is 9.65. The summed E-state index contributed by atoms with van der Waals surface area (Å²) in [5.41, 5.74) is 8.36. The van der Waals surface area contributed by atoms with E-state index in [9.17, 15) is 4.79 Å². The summed E-state index contributed by atoms with van der Waals surface area (Å²) in [6.07, 6.45) is 5.46. The van der Waals surface area contributed by atoms with Gasteiger partial charge in [0.25, 0.3) is 0 Å². The van der Waals surface area contributed by atoms with Gasteiger partial charge in [-0.2, -0.15) is 0 Å². The van der Waals surface area contributed by atoms with E-state index in [0.717, 1.165) is 11.4 Å². The summed E-state index contributed by atoms with van der Waals surface area (Å²) in [5, 5.41) is 9.02. The van der Waals surface area contributed by atoms with E-state index in [0.29, 0.717) is 5.70 Å². The van der Waals surface area contributed by atoms with E-state index >= 15 is 0 Å². The van der Waals surface area contributed by atoms with Crippen LogP contribution in [0.25, 0.3) is 0 Å². The molecular weight excluding hydrogens is 230 g/mol. The normalized spacial score (nSPS) is 20.4. The second-order valence-corrected chi connectivity index (χ2v) is 4.32. The molecule has 1 atom stereocenters. The van der Waals surface area contributed by atoms with Crippen LogP contribution >= 0.6 is 0 Å². The molecule has 2 aliphatic rings. The van der Waals surface area contributed by atoms with Crippen molar-refractivity contribution in [2.45, 2.75) is 6.17 Å². The number of aliphatic carboxylic acids is 1. The Morgan fingerprint density at radius 1 is 1.33 bits per heavy atom. The number of para-hydroxylation sites is 2. The van der Waals surface area contributed by atoms with Gasteiger partial charge < -0.3 is 20.6 Å². The van der Waals surface area contributed by atoms with Gasteiger partial charge in [-0.1, -0.05) is 12.1 Å². The van der Waals surface area contributed by atoms with Crippen LogP contribution in [0.3, 0.4) is 0 Å². The van der Waals surface area contributed by atoms with Crippen molar-refractivity contribution in [1.29, 1.82) is 0 Å². The third-order valence-electron chi connectivity index (χ3n) is 3.13. The quantitative estimate of drug-likeness (QED) is 0.813. The first kappa shape index (κ1) is 10.7. The molecule has 1 aromatic rings. The number of benzene rings is 1. The molecule has 5 heteroatoms. The van der Waals surface area contributed by atoms with Crippen molar-refractivity contribution in [2.75, 3.05) is 16.3 Å². The van der Waals surface area contributed by atoms with E-state index in [1.165, 1.54) is 0 Å². The summed E-state index contributed by atoms with van der Waals surface area (Å²) in [6.45, 7) is -0.0315. The van der Waals surface area contributed by atoms with Crippen LogP contribution in [0.5, 0.6) is 0 Å². The molecular formula is C13H13N3O2. The molecule has 92 valence electrons. The molecule has 0 amide bonds. The topological polar surface area (TPSA) is 69.8 Å². The molecule has 2 aliphatic heterocycles. The third-order valence-corrected chi connectivity index (χ3v) is 3.13. The van der Waals surface area contributed by atoms with Crippen LogP contribution in [0, 0.1) is 0 Å². The number of rotatable bonds is 2. The number of fused-ring (bicyclic) bond motifs is 3. The number of nitrogens with two attached hydrogens (primary N) is 1. The van der Waals surface area contributed by atoms with Gasteiger partial charge in [0.1, 0.15) is 12.7 Å². The number of anilines is 2. The van der Waals surface area contributed by atoms with E-state index in [1.54, 1.807) is 0 Å². The van der Waals surface area contributed by atoms with Crippen molar-refractivity contribution < 1.29 is 9.90 Å². The number of carboxylic acids is 1. The van der Waals surface area contributed by atoms with Crippen LogP contribution in [-0.4, -0.2) is 23.8 Å².